The number of hydrogen-bond acceptors (Lipinski definition) is 5. The van der Waals surface area contributed by atoms with Crippen LogP contribution in [0.2, 0.25) is 0 Å². The lowest BCUT2D eigenvalue weighted by atomic mass is 9.87. The lowest BCUT2D eigenvalue weighted by molar-refractivity contribution is 0.130. The fraction of sp³-hybridized carbons (Fsp3) is 0.364. The van der Waals surface area contributed by atoms with Gasteiger partial charge in [0.05, 0.1) is 5.71 Å². The standard InChI is InChI=1S/C22H27N5O2/c1-15-8-6-13-21(24-22(28)27(3)26-23)20(15)14-29-25-16(2)18-12-7-10-17-9-4-5-11-19(17)18/h6-8,10,12-13,23H,4-5,9,11,14H2,1-3H3,(H,24,28)/b25-16+,26-23?. The van der Waals surface area contributed by atoms with E-state index in [4.69, 9.17) is 10.4 Å². The van der Waals surface area contributed by atoms with Gasteiger partial charge in [-0.15, -0.1) is 0 Å². The minimum absolute atomic E-state index is 0.233. The van der Waals surface area contributed by atoms with Crippen LogP contribution in [0, 0.1) is 12.5 Å². The average molecular weight is 393 g/mol. The van der Waals surface area contributed by atoms with Crippen LogP contribution in [0.25, 0.3) is 0 Å². The van der Waals surface area contributed by atoms with Gasteiger partial charge in [-0.25, -0.2) is 4.79 Å². The third-order valence-corrected chi connectivity index (χ3v) is 5.29. The van der Waals surface area contributed by atoms with Crippen molar-refractivity contribution in [3.05, 3.63) is 64.2 Å². The Morgan fingerprint density at radius 1 is 1.21 bits per heavy atom. The lowest BCUT2D eigenvalue weighted by Gasteiger charge is -2.19. The zero-order valence-electron chi connectivity index (χ0n) is 17.2. The molecule has 7 heteroatoms. The molecule has 0 radical (unpaired) electrons. The Kier molecular flexibility index (Phi) is 6.59. The summed E-state index contributed by atoms with van der Waals surface area (Å²) in [5, 5.41) is 11.1. The van der Waals surface area contributed by atoms with Gasteiger partial charge >= 0.3 is 6.03 Å². The SMILES string of the molecule is C/C(=N\OCc1c(C)cccc1NC(=O)N(C)N=N)c1cccc2c1CCCC2. The predicted molar refractivity (Wildman–Crippen MR) is 113 cm³/mol. The summed E-state index contributed by atoms with van der Waals surface area (Å²) in [5.74, 6) is 0. The molecule has 0 saturated carbocycles. The van der Waals surface area contributed by atoms with Gasteiger partial charge in [0.15, 0.2) is 0 Å². The Balaban J connectivity index is 1.75. The first-order valence-corrected chi connectivity index (χ1v) is 9.79. The molecular formula is C22H27N5O2. The number of anilines is 1. The van der Waals surface area contributed by atoms with Gasteiger partial charge in [-0.2, -0.15) is 10.5 Å². The molecule has 0 heterocycles. The van der Waals surface area contributed by atoms with Crippen molar-refractivity contribution in [3.63, 3.8) is 0 Å². The molecule has 0 unspecified atom stereocenters. The number of carbonyl (C=O) groups excluding carboxylic acids is 1. The number of rotatable bonds is 6. The number of hydrogen-bond donors (Lipinski definition) is 2. The monoisotopic (exact) mass is 393 g/mol. The number of urea groups is 1. The second-order valence-corrected chi connectivity index (χ2v) is 7.26. The summed E-state index contributed by atoms with van der Waals surface area (Å²) < 4.78 is 0. The van der Waals surface area contributed by atoms with Crippen LogP contribution >= 0.6 is 0 Å². The van der Waals surface area contributed by atoms with Crippen LogP contribution in [0.4, 0.5) is 10.5 Å². The molecule has 0 aliphatic heterocycles. The molecule has 152 valence electrons. The van der Waals surface area contributed by atoms with E-state index in [2.05, 4.69) is 33.9 Å². The van der Waals surface area contributed by atoms with Crippen molar-refractivity contribution in [3.8, 4) is 0 Å². The first-order chi connectivity index (χ1) is 14.0. The normalized spacial score (nSPS) is 13.4. The molecule has 3 rings (SSSR count). The van der Waals surface area contributed by atoms with E-state index in [0.717, 1.165) is 40.3 Å². The topological polar surface area (TPSA) is 90.1 Å². The van der Waals surface area contributed by atoms with Gasteiger partial charge in [-0.1, -0.05) is 40.7 Å². The Hall–Kier alpha value is -3.22. The van der Waals surface area contributed by atoms with Crippen LogP contribution in [0.3, 0.4) is 0 Å². The van der Waals surface area contributed by atoms with Crippen molar-refractivity contribution in [2.75, 3.05) is 12.4 Å². The van der Waals surface area contributed by atoms with Gasteiger partial charge in [-0.3, -0.25) is 0 Å². The molecular weight excluding hydrogens is 366 g/mol. The van der Waals surface area contributed by atoms with Crippen LogP contribution in [-0.2, 0) is 24.3 Å². The number of benzene rings is 2. The van der Waals surface area contributed by atoms with Gasteiger partial charge < -0.3 is 10.2 Å². The Labute approximate surface area is 171 Å². The number of amides is 2. The molecule has 0 saturated heterocycles. The third kappa shape index (κ3) is 4.80. The van der Waals surface area contributed by atoms with Gasteiger partial charge in [0.2, 0.25) is 0 Å². The lowest BCUT2D eigenvalue weighted by Crippen LogP contribution is -2.26. The van der Waals surface area contributed by atoms with Crippen LogP contribution in [0.5, 0.6) is 0 Å². The maximum atomic E-state index is 12.0. The van der Waals surface area contributed by atoms with E-state index >= 15 is 0 Å². The molecule has 2 aromatic carbocycles. The van der Waals surface area contributed by atoms with Gasteiger partial charge in [0, 0.05) is 23.9 Å². The molecule has 1 aliphatic carbocycles. The number of carbonyl (C=O) groups is 1. The number of nitrogens with one attached hydrogen (secondary N) is 2. The van der Waals surface area contributed by atoms with E-state index in [1.807, 2.05) is 26.0 Å². The quantitative estimate of drug-likeness (QED) is 0.400. The Bertz CT molecular complexity index is 939. The smallest absolute Gasteiger partial charge is 0.343 e. The fourth-order valence-corrected chi connectivity index (χ4v) is 3.62. The average Bonchev–Trinajstić information content (AvgIpc) is 2.74. The predicted octanol–water partition coefficient (Wildman–Crippen LogP) is 5.22. The van der Waals surface area contributed by atoms with Crippen molar-refractivity contribution < 1.29 is 9.63 Å². The molecule has 0 aromatic heterocycles. The van der Waals surface area contributed by atoms with Gasteiger partial charge in [-0.05, 0) is 62.3 Å². The summed E-state index contributed by atoms with van der Waals surface area (Å²) in [6.45, 7) is 4.16. The second-order valence-electron chi connectivity index (χ2n) is 7.26. The summed E-state index contributed by atoms with van der Waals surface area (Å²) in [6.07, 6.45) is 4.67. The molecule has 0 fully saturated rings. The molecule has 2 amide bonds. The summed E-state index contributed by atoms with van der Waals surface area (Å²) in [5.41, 5.74) is 14.2. The van der Waals surface area contributed by atoms with E-state index in [1.54, 1.807) is 6.07 Å². The van der Waals surface area contributed by atoms with Crippen molar-refractivity contribution in [2.45, 2.75) is 46.1 Å². The summed E-state index contributed by atoms with van der Waals surface area (Å²) in [4.78, 5) is 17.7. The van der Waals surface area contributed by atoms with Gasteiger partial charge in [0.25, 0.3) is 0 Å². The van der Waals surface area contributed by atoms with Crippen LogP contribution < -0.4 is 5.32 Å². The number of oxime groups is 1. The van der Waals surface area contributed by atoms with Crippen molar-refractivity contribution >= 4 is 17.4 Å². The van der Waals surface area contributed by atoms with Crippen molar-refractivity contribution in [1.82, 2.24) is 5.01 Å². The molecule has 1 aliphatic rings. The second kappa shape index (κ2) is 9.32. The Morgan fingerprint density at radius 2 is 1.97 bits per heavy atom. The maximum Gasteiger partial charge on any atom is 0.343 e. The maximum absolute atomic E-state index is 12.0. The number of nitrogens with zero attached hydrogens (tertiary/aromatic N) is 3. The molecule has 0 bridgehead atoms. The number of aryl methyl sites for hydroxylation is 2. The minimum atomic E-state index is -0.484. The highest BCUT2D eigenvalue weighted by atomic mass is 16.6. The van der Waals surface area contributed by atoms with Crippen LogP contribution in [0.1, 0.15) is 47.6 Å². The highest BCUT2D eigenvalue weighted by molar-refractivity contribution is 6.00. The Morgan fingerprint density at radius 3 is 2.76 bits per heavy atom. The van der Waals surface area contributed by atoms with Crippen molar-refractivity contribution in [1.29, 1.82) is 5.53 Å². The molecule has 0 spiro atoms. The molecule has 0 atom stereocenters. The summed E-state index contributed by atoms with van der Waals surface area (Å²) in [6, 6.07) is 11.5. The van der Waals surface area contributed by atoms with Crippen molar-refractivity contribution in [2.24, 2.45) is 10.4 Å². The van der Waals surface area contributed by atoms with E-state index in [9.17, 15) is 4.79 Å². The van der Waals surface area contributed by atoms with E-state index in [0.29, 0.717) is 5.69 Å². The highest BCUT2D eigenvalue weighted by Crippen LogP contribution is 2.25. The third-order valence-electron chi connectivity index (χ3n) is 5.29. The first kappa shape index (κ1) is 20.5. The zero-order chi connectivity index (χ0) is 20.8. The first-order valence-electron chi connectivity index (χ1n) is 9.79. The van der Waals surface area contributed by atoms with E-state index < -0.39 is 6.03 Å². The van der Waals surface area contributed by atoms with Crippen LogP contribution in [0.15, 0.2) is 46.8 Å². The summed E-state index contributed by atoms with van der Waals surface area (Å²) in [7, 11) is 1.42. The number of fused-ring (bicyclic) bond motifs is 1. The highest BCUT2D eigenvalue weighted by Gasteiger charge is 2.15. The van der Waals surface area contributed by atoms with E-state index in [1.165, 1.54) is 31.0 Å². The van der Waals surface area contributed by atoms with Gasteiger partial charge in [0.1, 0.15) is 6.61 Å². The molecule has 2 aromatic rings. The van der Waals surface area contributed by atoms with Crippen LogP contribution in [-0.4, -0.2) is 23.8 Å². The molecule has 2 N–H and O–H groups in total. The largest absolute Gasteiger partial charge is 0.391 e. The molecule has 7 nitrogen and oxygen atoms in total. The van der Waals surface area contributed by atoms with E-state index in [-0.39, 0.29) is 6.61 Å². The fourth-order valence-electron chi connectivity index (χ4n) is 3.62. The summed E-state index contributed by atoms with van der Waals surface area (Å²) >= 11 is 0. The zero-order valence-corrected chi connectivity index (χ0v) is 17.2. The minimum Gasteiger partial charge on any atom is -0.391 e. The molecule has 29 heavy (non-hydrogen) atoms.